The quantitative estimate of drug-likeness (QED) is 0.0710. The maximum Gasteiger partial charge on any atom is 0.573 e. The second-order valence-electron chi connectivity index (χ2n) is 11.7. The fourth-order valence-corrected chi connectivity index (χ4v) is 4.85. The average molecular weight is 780 g/mol. The standard InChI is InChI=1S/C19H18F3N3O2.C14H10ClF3N2O2.C4H8O/c1-23-10-3-2-6-15-8-9-16(25-24-15)13-17(26)11-14-5-4-7-18(12-14)27-19(20,21)22;15-13-5-4-10(19-20-13)8-11(21)6-9-2-1-3-12(7-9)22-14(16,17)18;1-2-4-5-3-1/h4-5,7-9,12H,2-3,6,10-11,13H2;1-5,7H,6,8H2;1-4H2. The minimum absolute atomic E-state index is 0.0187. The number of carbonyl (C=O) groups excluding carboxylic acids is 2. The van der Waals surface area contributed by atoms with Crippen LogP contribution in [0.5, 0.6) is 11.5 Å². The smallest absolute Gasteiger partial charge is 0.406 e. The number of benzene rings is 2. The number of Topliss-reactive ketones (excluding diaryl/α,β-unsaturated/α-hetero) is 2. The molecule has 0 aliphatic carbocycles. The van der Waals surface area contributed by atoms with Gasteiger partial charge in [-0.15, -0.1) is 31.4 Å². The fraction of sp³-hybridized carbons (Fsp3) is 0.378. The average Bonchev–Trinajstić information content (AvgIpc) is 3.68. The molecule has 54 heavy (non-hydrogen) atoms. The summed E-state index contributed by atoms with van der Waals surface area (Å²) in [6, 6.07) is 17.2. The molecule has 2 aromatic carbocycles. The first kappa shape index (κ1) is 43.3. The number of ether oxygens (including phenoxy) is 3. The molecule has 1 aliphatic rings. The van der Waals surface area contributed by atoms with E-state index >= 15 is 0 Å². The molecule has 0 amide bonds. The number of nitrogens with zero attached hydrogens (tertiary/aromatic N) is 5. The highest BCUT2D eigenvalue weighted by molar-refractivity contribution is 6.29. The van der Waals surface area contributed by atoms with Gasteiger partial charge in [-0.2, -0.15) is 15.3 Å². The Kier molecular flexibility index (Phi) is 17.8. The van der Waals surface area contributed by atoms with Crippen molar-refractivity contribution in [2.45, 2.75) is 70.5 Å². The highest BCUT2D eigenvalue weighted by Crippen LogP contribution is 2.25. The molecule has 1 fully saturated rings. The summed E-state index contributed by atoms with van der Waals surface area (Å²) in [5, 5.41) is 15.7. The SMILES string of the molecule is C1CCOC1.O=C(Cc1cccc(OC(F)(F)F)c1)Cc1ccc(Cl)nn1.[C-]#[N+]CCCCc1ccc(CC(=O)Cc2cccc(OC(F)(F)F)c2)nn1. The van der Waals surface area contributed by atoms with Crippen LogP contribution < -0.4 is 9.47 Å². The minimum atomic E-state index is -4.77. The molecule has 10 nitrogen and oxygen atoms in total. The zero-order valence-electron chi connectivity index (χ0n) is 28.8. The van der Waals surface area contributed by atoms with Crippen molar-refractivity contribution in [3.63, 3.8) is 0 Å². The van der Waals surface area contributed by atoms with Gasteiger partial charge in [-0.25, -0.2) is 6.57 Å². The topological polar surface area (TPSA) is 118 Å². The van der Waals surface area contributed by atoms with Gasteiger partial charge in [0.05, 0.1) is 29.9 Å². The highest BCUT2D eigenvalue weighted by atomic mass is 35.5. The molecule has 5 rings (SSSR count). The Bertz CT molecular complexity index is 1790. The van der Waals surface area contributed by atoms with Gasteiger partial charge in [0.15, 0.2) is 5.15 Å². The van der Waals surface area contributed by atoms with Gasteiger partial charge in [0, 0.05) is 32.5 Å². The van der Waals surface area contributed by atoms with Gasteiger partial charge >= 0.3 is 12.7 Å². The van der Waals surface area contributed by atoms with Gasteiger partial charge in [0.2, 0.25) is 6.54 Å². The lowest BCUT2D eigenvalue weighted by Gasteiger charge is -2.09. The molecule has 3 heterocycles. The van der Waals surface area contributed by atoms with Gasteiger partial charge in [-0.3, -0.25) is 9.59 Å². The summed E-state index contributed by atoms with van der Waals surface area (Å²) in [6.45, 7) is 9.21. The van der Waals surface area contributed by atoms with E-state index in [2.05, 4.69) is 34.7 Å². The first-order valence-corrected chi connectivity index (χ1v) is 17.0. The maximum atomic E-state index is 12.3. The molecule has 0 atom stereocenters. The van der Waals surface area contributed by atoms with Crippen LogP contribution in [0.15, 0.2) is 72.8 Å². The van der Waals surface area contributed by atoms with Crippen LogP contribution in [0.25, 0.3) is 4.85 Å². The van der Waals surface area contributed by atoms with Crippen molar-refractivity contribution in [3.05, 3.63) is 118 Å². The first-order valence-electron chi connectivity index (χ1n) is 16.6. The molecule has 1 saturated heterocycles. The van der Waals surface area contributed by atoms with Crippen molar-refractivity contribution in [1.82, 2.24) is 20.4 Å². The molecule has 0 spiro atoms. The number of hydrogen-bond acceptors (Lipinski definition) is 9. The summed E-state index contributed by atoms with van der Waals surface area (Å²) < 4.78 is 85.8. The summed E-state index contributed by atoms with van der Waals surface area (Å²) in [6.07, 6.45) is -4.56. The molecule has 0 bridgehead atoms. The molecular formula is C37H36ClF6N5O5. The molecule has 1 aliphatic heterocycles. The molecule has 4 aromatic rings. The molecule has 288 valence electrons. The Morgan fingerprint density at radius 2 is 1.17 bits per heavy atom. The van der Waals surface area contributed by atoms with Crippen molar-refractivity contribution in [1.29, 1.82) is 0 Å². The van der Waals surface area contributed by atoms with Crippen LogP contribution in [-0.2, 0) is 46.4 Å². The summed E-state index contributed by atoms with van der Waals surface area (Å²) in [5.74, 6) is -1.10. The van der Waals surface area contributed by atoms with Gasteiger partial charge in [-0.1, -0.05) is 35.9 Å². The molecule has 0 radical (unpaired) electrons. The zero-order chi connectivity index (χ0) is 39.4. The third kappa shape index (κ3) is 19.1. The van der Waals surface area contributed by atoms with Crippen LogP contribution in [0.1, 0.15) is 53.9 Å². The number of halogens is 7. The predicted octanol–water partition coefficient (Wildman–Crippen LogP) is 8.15. The molecule has 0 N–H and O–H groups in total. The van der Waals surface area contributed by atoms with Crippen molar-refractivity contribution in [2.75, 3.05) is 19.8 Å². The Morgan fingerprint density at radius 1 is 0.685 bits per heavy atom. The van der Waals surface area contributed by atoms with Crippen LogP contribution >= 0.6 is 11.6 Å². The number of rotatable bonds is 14. The lowest BCUT2D eigenvalue weighted by atomic mass is 10.1. The largest absolute Gasteiger partial charge is 0.573 e. The number of hydrogen-bond donors (Lipinski definition) is 0. The van der Waals surface area contributed by atoms with E-state index in [4.69, 9.17) is 22.9 Å². The van der Waals surface area contributed by atoms with Crippen molar-refractivity contribution >= 4 is 23.2 Å². The van der Waals surface area contributed by atoms with E-state index in [1.54, 1.807) is 30.3 Å². The van der Waals surface area contributed by atoms with Gasteiger partial charge in [0.1, 0.15) is 23.1 Å². The van der Waals surface area contributed by atoms with Gasteiger partial charge < -0.3 is 19.1 Å². The Balaban J connectivity index is 0.000000260. The summed E-state index contributed by atoms with van der Waals surface area (Å²) in [5.41, 5.74) is 2.61. The van der Waals surface area contributed by atoms with E-state index in [9.17, 15) is 35.9 Å². The van der Waals surface area contributed by atoms with Crippen LogP contribution in [0.4, 0.5) is 26.3 Å². The number of carbonyl (C=O) groups is 2. The third-order valence-electron chi connectivity index (χ3n) is 7.07. The number of alkyl halides is 6. The highest BCUT2D eigenvalue weighted by Gasteiger charge is 2.32. The summed E-state index contributed by atoms with van der Waals surface area (Å²) in [4.78, 5) is 27.3. The van der Waals surface area contributed by atoms with E-state index in [0.29, 0.717) is 29.1 Å². The second-order valence-corrected chi connectivity index (χ2v) is 12.1. The lowest BCUT2D eigenvalue weighted by molar-refractivity contribution is -0.275. The van der Waals surface area contributed by atoms with Crippen molar-refractivity contribution in [2.24, 2.45) is 0 Å². The Labute approximate surface area is 312 Å². The number of unbranched alkanes of at least 4 members (excludes halogenated alkanes) is 1. The van der Waals surface area contributed by atoms with Crippen LogP contribution in [0, 0.1) is 6.57 Å². The van der Waals surface area contributed by atoms with Gasteiger partial charge in [0.25, 0.3) is 0 Å². The van der Waals surface area contributed by atoms with Crippen molar-refractivity contribution in [3.8, 4) is 11.5 Å². The fourth-order valence-electron chi connectivity index (χ4n) is 4.75. The summed E-state index contributed by atoms with van der Waals surface area (Å²) in [7, 11) is 0. The third-order valence-corrected chi connectivity index (χ3v) is 7.27. The number of aromatic nitrogens is 4. The van der Waals surface area contributed by atoms with E-state index in [1.807, 2.05) is 0 Å². The zero-order valence-corrected chi connectivity index (χ0v) is 29.6. The molecule has 0 unspecified atom stereocenters. The van der Waals surface area contributed by atoms with E-state index in [0.717, 1.165) is 38.2 Å². The van der Waals surface area contributed by atoms with E-state index < -0.39 is 12.7 Å². The van der Waals surface area contributed by atoms with Crippen LogP contribution in [-0.4, -0.2) is 64.4 Å². The molecule has 0 saturated carbocycles. The second kappa shape index (κ2) is 22.2. The van der Waals surface area contributed by atoms with Crippen LogP contribution in [0.3, 0.4) is 0 Å². The monoisotopic (exact) mass is 779 g/mol. The number of ketones is 2. The molecule has 17 heteroatoms. The molecular weight excluding hydrogens is 744 g/mol. The Morgan fingerprint density at radius 3 is 1.57 bits per heavy atom. The first-order chi connectivity index (χ1) is 25.7. The van der Waals surface area contributed by atoms with E-state index in [1.165, 1.54) is 55.3 Å². The predicted molar refractivity (Wildman–Crippen MR) is 185 cm³/mol. The minimum Gasteiger partial charge on any atom is -0.406 e. The van der Waals surface area contributed by atoms with Gasteiger partial charge in [-0.05, 0) is 85.3 Å². The molecule has 2 aromatic heterocycles. The number of aryl methyl sites for hydroxylation is 1. The maximum absolute atomic E-state index is 12.3. The van der Waals surface area contributed by atoms with Crippen LogP contribution in [0.2, 0.25) is 5.15 Å². The summed E-state index contributed by atoms with van der Waals surface area (Å²) >= 11 is 5.58. The van der Waals surface area contributed by atoms with E-state index in [-0.39, 0.29) is 53.9 Å². The van der Waals surface area contributed by atoms with Crippen molar-refractivity contribution < 1.29 is 50.1 Å². The normalized spacial score (nSPS) is 12.3. The Hall–Kier alpha value is -5.14. The lowest BCUT2D eigenvalue weighted by Crippen LogP contribution is -2.17.